The van der Waals surface area contributed by atoms with Gasteiger partial charge < -0.3 is 10.0 Å². The largest absolute Gasteiger partial charge is 0.388 e. The highest BCUT2D eigenvalue weighted by molar-refractivity contribution is 7.91. The first-order chi connectivity index (χ1) is 9.80. The van der Waals surface area contributed by atoms with Crippen LogP contribution in [0, 0.1) is 11.7 Å². The van der Waals surface area contributed by atoms with Gasteiger partial charge in [0.2, 0.25) is 0 Å². The Bertz CT molecular complexity index is 590. The molecular formula is C15H22FNO3S. The molecular weight excluding hydrogens is 293 g/mol. The fourth-order valence-electron chi connectivity index (χ4n) is 2.85. The van der Waals surface area contributed by atoms with Crippen molar-refractivity contribution in [1.82, 2.24) is 4.90 Å². The molecule has 0 amide bonds. The van der Waals surface area contributed by atoms with E-state index in [0.717, 1.165) is 0 Å². The molecule has 1 aliphatic heterocycles. The maximum atomic E-state index is 13.7. The molecule has 4 nitrogen and oxygen atoms in total. The fourth-order valence-corrected chi connectivity index (χ4v) is 4.65. The first-order valence-corrected chi connectivity index (χ1v) is 8.95. The lowest BCUT2D eigenvalue weighted by Gasteiger charge is -2.29. The number of aliphatic hydroxyl groups excluding tert-OH is 1. The van der Waals surface area contributed by atoms with Crippen LogP contribution in [0.25, 0.3) is 0 Å². The number of halogens is 1. The Morgan fingerprint density at radius 3 is 2.67 bits per heavy atom. The number of nitrogens with zero attached hydrogens (tertiary/aromatic N) is 1. The summed E-state index contributed by atoms with van der Waals surface area (Å²) >= 11 is 0. The third kappa shape index (κ3) is 4.02. The molecule has 1 heterocycles. The predicted octanol–water partition coefficient (Wildman–Crippen LogP) is 1.61. The van der Waals surface area contributed by atoms with E-state index in [2.05, 4.69) is 0 Å². The van der Waals surface area contributed by atoms with Crippen molar-refractivity contribution >= 4 is 9.84 Å². The molecule has 0 spiro atoms. The van der Waals surface area contributed by atoms with Crippen molar-refractivity contribution in [2.75, 3.05) is 25.1 Å². The lowest BCUT2D eigenvalue weighted by atomic mass is 9.96. The number of rotatable bonds is 5. The normalized spacial score (nSPS) is 24.1. The van der Waals surface area contributed by atoms with Crippen molar-refractivity contribution in [2.24, 2.45) is 5.92 Å². The highest BCUT2D eigenvalue weighted by Gasteiger charge is 2.32. The van der Waals surface area contributed by atoms with Gasteiger partial charge in [0, 0.05) is 18.2 Å². The fraction of sp³-hybridized carbons (Fsp3) is 0.600. The molecule has 0 aliphatic carbocycles. The average molecular weight is 315 g/mol. The third-order valence-corrected chi connectivity index (χ3v) is 5.92. The maximum Gasteiger partial charge on any atom is 0.151 e. The third-order valence-electron chi connectivity index (χ3n) is 4.17. The van der Waals surface area contributed by atoms with Gasteiger partial charge in [0.1, 0.15) is 5.82 Å². The highest BCUT2D eigenvalue weighted by atomic mass is 32.2. The molecule has 3 atom stereocenters. The molecule has 0 saturated carbocycles. The summed E-state index contributed by atoms with van der Waals surface area (Å²) in [6.07, 6.45) is -0.270. The smallest absolute Gasteiger partial charge is 0.151 e. The Hall–Kier alpha value is -0.980. The lowest BCUT2D eigenvalue weighted by Crippen LogP contribution is -2.37. The number of aliphatic hydroxyl groups is 1. The summed E-state index contributed by atoms with van der Waals surface area (Å²) in [6.45, 7) is 2.37. The van der Waals surface area contributed by atoms with Gasteiger partial charge in [-0.05, 0) is 25.5 Å². The molecule has 6 heteroatoms. The molecule has 1 saturated heterocycles. The van der Waals surface area contributed by atoms with Gasteiger partial charge in [0.15, 0.2) is 9.84 Å². The molecule has 0 aromatic heterocycles. The van der Waals surface area contributed by atoms with Gasteiger partial charge in [0.05, 0.1) is 17.6 Å². The first kappa shape index (κ1) is 16.4. The molecule has 2 rings (SSSR count). The van der Waals surface area contributed by atoms with Crippen LogP contribution in [0.15, 0.2) is 24.3 Å². The number of hydrogen-bond donors (Lipinski definition) is 1. The van der Waals surface area contributed by atoms with Crippen LogP contribution >= 0.6 is 0 Å². The minimum absolute atomic E-state index is 0.00901. The van der Waals surface area contributed by atoms with Gasteiger partial charge >= 0.3 is 0 Å². The Balaban J connectivity index is 1.98. The van der Waals surface area contributed by atoms with Crippen molar-refractivity contribution in [3.63, 3.8) is 0 Å². The average Bonchev–Trinajstić information content (AvgIpc) is 2.79. The van der Waals surface area contributed by atoms with Crippen LogP contribution in [0.5, 0.6) is 0 Å². The van der Waals surface area contributed by atoms with E-state index in [-0.39, 0.29) is 29.0 Å². The van der Waals surface area contributed by atoms with E-state index in [0.29, 0.717) is 13.0 Å². The molecule has 0 bridgehead atoms. The summed E-state index contributed by atoms with van der Waals surface area (Å²) in [5.74, 6) is -0.198. The highest BCUT2D eigenvalue weighted by Crippen LogP contribution is 2.26. The van der Waals surface area contributed by atoms with E-state index in [9.17, 15) is 17.9 Å². The van der Waals surface area contributed by atoms with Gasteiger partial charge in [-0.2, -0.15) is 0 Å². The molecule has 118 valence electrons. The Kier molecular flexibility index (Phi) is 5.01. The minimum atomic E-state index is -2.92. The van der Waals surface area contributed by atoms with E-state index >= 15 is 0 Å². The number of benzene rings is 1. The maximum absolute atomic E-state index is 13.7. The van der Waals surface area contributed by atoms with Crippen LogP contribution in [0.1, 0.15) is 25.0 Å². The zero-order valence-corrected chi connectivity index (χ0v) is 13.2. The molecule has 1 fully saturated rings. The Morgan fingerprint density at radius 2 is 2.10 bits per heavy atom. The topological polar surface area (TPSA) is 57.6 Å². The standard InChI is InChI=1S/C15H22FNO3S/c1-11(15(18)13-5-3-4-6-14(13)16)9-17(2)12-7-8-21(19,20)10-12/h3-6,11-12,15,18H,7-10H2,1-2H3. The van der Waals surface area contributed by atoms with Crippen LogP contribution in [-0.2, 0) is 9.84 Å². The van der Waals surface area contributed by atoms with E-state index in [4.69, 9.17) is 0 Å². The van der Waals surface area contributed by atoms with Crippen LogP contribution < -0.4 is 0 Å². The van der Waals surface area contributed by atoms with Crippen LogP contribution in [0.3, 0.4) is 0 Å². The molecule has 1 aromatic rings. The van der Waals surface area contributed by atoms with Crippen LogP contribution in [0.2, 0.25) is 0 Å². The summed E-state index contributed by atoms with van der Waals surface area (Å²) < 4.78 is 36.7. The number of sulfone groups is 1. The SMILES string of the molecule is CC(CN(C)C1CCS(=O)(=O)C1)C(O)c1ccccc1F. The summed E-state index contributed by atoms with van der Waals surface area (Å²) in [5, 5.41) is 10.3. The predicted molar refractivity (Wildman–Crippen MR) is 80.2 cm³/mol. The molecule has 3 unspecified atom stereocenters. The van der Waals surface area contributed by atoms with E-state index < -0.39 is 21.8 Å². The van der Waals surface area contributed by atoms with Gasteiger partial charge in [-0.3, -0.25) is 0 Å². The van der Waals surface area contributed by atoms with Gasteiger partial charge in [-0.15, -0.1) is 0 Å². The minimum Gasteiger partial charge on any atom is -0.388 e. The molecule has 1 aliphatic rings. The quantitative estimate of drug-likeness (QED) is 0.897. The van der Waals surface area contributed by atoms with E-state index in [1.54, 1.807) is 18.2 Å². The lowest BCUT2D eigenvalue weighted by molar-refractivity contribution is 0.0836. The summed E-state index contributed by atoms with van der Waals surface area (Å²) in [4.78, 5) is 1.96. The van der Waals surface area contributed by atoms with E-state index in [1.165, 1.54) is 6.07 Å². The zero-order valence-electron chi connectivity index (χ0n) is 12.4. The van der Waals surface area contributed by atoms with Crippen molar-refractivity contribution in [2.45, 2.75) is 25.5 Å². The molecule has 1 N–H and O–H groups in total. The van der Waals surface area contributed by atoms with Crippen molar-refractivity contribution in [1.29, 1.82) is 0 Å². The summed E-state index contributed by atoms with van der Waals surface area (Å²) in [5.41, 5.74) is 0.289. The summed E-state index contributed by atoms with van der Waals surface area (Å²) in [7, 11) is -1.06. The first-order valence-electron chi connectivity index (χ1n) is 7.13. The second-order valence-corrected chi connectivity index (χ2v) is 8.17. The second-order valence-electron chi connectivity index (χ2n) is 5.94. The zero-order chi connectivity index (χ0) is 15.6. The Morgan fingerprint density at radius 1 is 1.43 bits per heavy atom. The molecule has 21 heavy (non-hydrogen) atoms. The second kappa shape index (κ2) is 6.42. The van der Waals surface area contributed by atoms with Crippen molar-refractivity contribution in [3.8, 4) is 0 Å². The van der Waals surface area contributed by atoms with Gasteiger partial charge in [-0.1, -0.05) is 25.1 Å². The van der Waals surface area contributed by atoms with Crippen molar-refractivity contribution < 1.29 is 17.9 Å². The number of hydrogen-bond acceptors (Lipinski definition) is 4. The molecule has 0 radical (unpaired) electrons. The molecule has 1 aromatic carbocycles. The van der Waals surface area contributed by atoms with Gasteiger partial charge in [-0.25, -0.2) is 12.8 Å². The van der Waals surface area contributed by atoms with E-state index in [1.807, 2.05) is 18.9 Å². The van der Waals surface area contributed by atoms with Gasteiger partial charge in [0.25, 0.3) is 0 Å². The van der Waals surface area contributed by atoms with Crippen LogP contribution in [-0.4, -0.2) is 49.6 Å². The van der Waals surface area contributed by atoms with Crippen LogP contribution in [0.4, 0.5) is 4.39 Å². The summed E-state index contributed by atoms with van der Waals surface area (Å²) in [6, 6.07) is 6.19. The van der Waals surface area contributed by atoms with Crippen molar-refractivity contribution in [3.05, 3.63) is 35.6 Å². The Labute approximate surface area is 125 Å². The monoisotopic (exact) mass is 315 g/mol.